The van der Waals surface area contributed by atoms with E-state index in [-0.39, 0.29) is 23.1 Å². The molecule has 6 heteroatoms. The second kappa shape index (κ2) is 8.14. The third-order valence-electron chi connectivity index (χ3n) is 5.76. The smallest absolute Gasteiger partial charge is 0.274 e. The quantitative estimate of drug-likeness (QED) is 0.725. The fourth-order valence-corrected chi connectivity index (χ4v) is 3.84. The number of aromatic nitrogens is 1. The molecule has 4 rings (SSSR count). The Morgan fingerprint density at radius 3 is 2.40 bits per heavy atom. The average Bonchev–Trinajstić information content (AvgIpc) is 2.76. The van der Waals surface area contributed by atoms with Crippen LogP contribution in [0.4, 0.5) is 5.69 Å². The molecule has 0 radical (unpaired) electrons. The molecule has 1 fully saturated rings. The molecule has 0 aliphatic carbocycles. The summed E-state index contributed by atoms with van der Waals surface area (Å²) in [6, 6.07) is 14.6. The summed E-state index contributed by atoms with van der Waals surface area (Å²) in [6.45, 7) is 3.61. The van der Waals surface area contributed by atoms with Gasteiger partial charge in [0.15, 0.2) is 0 Å². The monoisotopic (exact) mass is 403 g/mol. The first-order valence-electron chi connectivity index (χ1n) is 10.2. The van der Waals surface area contributed by atoms with E-state index in [0.717, 1.165) is 23.6 Å². The van der Waals surface area contributed by atoms with Gasteiger partial charge in [-0.05, 0) is 47.7 Å². The maximum absolute atomic E-state index is 12.9. The fraction of sp³-hybridized carbons (Fsp3) is 0.292. The third kappa shape index (κ3) is 3.99. The van der Waals surface area contributed by atoms with Crippen LogP contribution in [-0.4, -0.2) is 34.4 Å². The molecule has 2 aromatic carbocycles. The second-order valence-electron chi connectivity index (χ2n) is 8.05. The Hall–Kier alpha value is -3.41. The fourth-order valence-electron chi connectivity index (χ4n) is 3.84. The molecule has 1 aliphatic rings. The molecule has 3 aromatic rings. The highest BCUT2D eigenvalue weighted by atomic mass is 16.2. The zero-order valence-electron chi connectivity index (χ0n) is 17.2. The van der Waals surface area contributed by atoms with Crippen molar-refractivity contribution in [3.8, 4) is 0 Å². The molecule has 0 unspecified atom stereocenters. The zero-order valence-corrected chi connectivity index (χ0v) is 17.2. The minimum absolute atomic E-state index is 0.104. The molecule has 2 heterocycles. The van der Waals surface area contributed by atoms with Crippen LogP contribution in [-0.2, 0) is 7.05 Å². The van der Waals surface area contributed by atoms with E-state index >= 15 is 0 Å². The Bertz CT molecular complexity index is 1170. The Morgan fingerprint density at radius 1 is 0.967 bits per heavy atom. The lowest BCUT2D eigenvalue weighted by Crippen LogP contribution is -2.38. The van der Waals surface area contributed by atoms with Crippen LogP contribution in [0, 0.1) is 5.92 Å². The number of nitrogens with one attached hydrogen (secondary N) is 1. The molecular formula is C24H25N3O3. The molecule has 154 valence electrons. The van der Waals surface area contributed by atoms with E-state index in [2.05, 4.69) is 12.2 Å². The van der Waals surface area contributed by atoms with Gasteiger partial charge in [-0.3, -0.25) is 14.4 Å². The first-order chi connectivity index (χ1) is 14.4. The number of carbonyl (C=O) groups excluding carboxylic acids is 2. The number of pyridine rings is 1. The number of fused-ring (bicyclic) bond motifs is 1. The zero-order chi connectivity index (χ0) is 21.3. The number of likely N-dealkylation sites (tertiary alicyclic amines) is 1. The van der Waals surface area contributed by atoms with E-state index < -0.39 is 0 Å². The van der Waals surface area contributed by atoms with Gasteiger partial charge in [-0.2, -0.15) is 0 Å². The average molecular weight is 403 g/mol. The van der Waals surface area contributed by atoms with Crippen molar-refractivity contribution in [2.75, 3.05) is 18.4 Å². The van der Waals surface area contributed by atoms with Crippen molar-refractivity contribution in [2.24, 2.45) is 13.0 Å². The summed E-state index contributed by atoms with van der Waals surface area (Å²) in [7, 11) is 1.59. The molecule has 1 saturated heterocycles. The molecule has 0 spiro atoms. The SMILES string of the molecule is CC1CCN(C(=O)c2cc(NC(=O)c3ccc4ccccc4c3)c(=O)n(C)c2)CC1. The molecule has 1 aromatic heterocycles. The van der Waals surface area contributed by atoms with E-state index in [1.54, 1.807) is 19.2 Å². The van der Waals surface area contributed by atoms with Gasteiger partial charge in [0.25, 0.3) is 17.4 Å². The minimum atomic E-state index is -0.380. The van der Waals surface area contributed by atoms with Crippen molar-refractivity contribution in [2.45, 2.75) is 19.8 Å². The summed E-state index contributed by atoms with van der Waals surface area (Å²) in [5.74, 6) is 0.124. The van der Waals surface area contributed by atoms with Crippen LogP contribution in [0.25, 0.3) is 10.8 Å². The number of hydrogen-bond donors (Lipinski definition) is 1. The second-order valence-corrected chi connectivity index (χ2v) is 8.05. The van der Waals surface area contributed by atoms with Gasteiger partial charge in [-0.1, -0.05) is 37.3 Å². The molecule has 0 saturated carbocycles. The van der Waals surface area contributed by atoms with Crippen LogP contribution < -0.4 is 10.9 Å². The molecule has 1 aliphatic heterocycles. The topological polar surface area (TPSA) is 71.4 Å². The highest BCUT2D eigenvalue weighted by molar-refractivity contribution is 6.07. The number of aryl methyl sites for hydroxylation is 1. The Morgan fingerprint density at radius 2 is 1.67 bits per heavy atom. The highest BCUT2D eigenvalue weighted by Crippen LogP contribution is 2.20. The molecule has 1 N–H and O–H groups in total. The van der Waals surface area contributed by atoms with Gasteiger partial charge < -0.3 is 14.8 Å². The van der Waals surface area contributed by atoms with Crippen LogP contribution in [0.15, 0.2) is 59.5 Å². The first kappa shape index (κ1) is 19.9. The van der Waals surface area contributed by atoms with Crippen LogP contribution in [0.3, 0.4) is 0 Å². The third-order valence-corrected chi connectivity index (χ3v) is 5.76. The number of piperidine rings is 1. The van der Waals surface area contributed by atoms with Crippen LogP contribution in [0.5, 0.6) is 0 Å². The van der Waals surface area contributed by atoms with Crippen molar-refractivity contribution in [1.82, 2.24) is 9.47 Å². The Kier molecular flexibility index (Phi) is 5.40. The molecule has 6 nitrogen and oxygen atoms in total. The standard InChI is InChI=1S/C24H25N3O3/c1-16-9-11-27(12-10-16)23(29)20-14-21(24(30)26(2)15-20)25-22(28)19-8-7-17-5-3-4-6-18(17)13-19/h3-8,13-16H,9-12H2,1-2H3,(H,25,28). The van der Waals surface area contributed by atoms with Crippen molar-refractivity contribution < 1.29 is 9.59 Å². The predicted molar refractivity (Wildman–Crippen MR) is 118 cm³/mol. The van der Waals surface area contributed by atoms with Crippen molar-refractivity contribution >= 4 is 28.3 Å². The van der Waals surface area contributed by atoms with Crippen LogP contribution in [0.1, 0.15) is 40.5 Å². The number of hydrogen-bond acceptors (Lipinski definition) is 3. The summed E-state index contributed by atoms with van der Waals surface area (Å²) in [5.41, 5.74) is 0.609. The lowest BCUT2D eigenvalue weighted by molar-refractivity contribution is 0.0696. The van der Waals surface area contributed by atoms with E-state index in [9.17, 15) is 14.4 Å². The van der Waals surface area contributed by atoms with Crippen LogP contribution >= 0.6 is 0 Å². The Labute approximate surface area is 175 Å². The highest BCUT2D eigenvalue weighted by Gasteiger charge is 2.23. The van der Waals surface area contributed by atoms with E-state index in [1.165, 1.54) is 16.8 Å². The lowest BCUT2D eigenvalue weighted by atomic mass is 9.99. The summed E-state index contributed by atoms with van der Waals surface area (Å²) < 4.78 is 1.34. The normalized spacial score (nSPS) is 14.7. The molecule has 2 amide bonds. The lowest BCUT2D eigenvalue weighted by Gasteiger charge is -2.30. The summed E-state index contributed by atoms with van der Waals surface area (Å²) in [5, 5.41) is 4.68. The van der Waals surface area contributed by atoms with E-state index in [0.29, 0.717) is 30.1 Å². The number of amides is 2. The van der Waals surface area contributed by atoms with E-state index in [1.807, 2.05) is 35.2 Å². The summed E-state index contributed by atoms with van der Waals surface area (Å²) >= 11 is 0. The van der Waals surface area contributed by atoms with Crippen LogP contribution in [0.2, 0.25) is 0 Å². The van der Waals surface area contributed by atoms with Gasteiger partial charge in [0.05, 0.1) is 5.56 Å². The van der Waals surface area contributed by atoms with Gasteiger partial charge in [0, 0.05) is 31.9 Å². The van der Waals surface area contributed by atoms with Crippen molar-refractivity contribution in [3.63, 3.8) is 0 Å². The predicted octanol–water partition coefficient (Wildman–Crippen LogP) is 3.66. The van der Waals surface area contributed by atoms with Gasteiger partial charge in [0.1, 0.15) is 5.69 Å². The number of carbonyl (C=O) groups is 2. The maximum Gasteiger partial charge on any atom is 0.274 e. The van der Waals surface area contributed by atoms with Gasteiger partial charge in [0.2, 0.25) is 0 Å². The Balaban J connectivity index is 1.59. The molecule has 0 bridgehead atoms. The molecule has 30 heavy (non-hydrogen) atoms. The van der Waals surface area contributed by atoms with Gasteiger partial charge >= 0.3 is 0 Å². The first-order valence-corrected chi connectivity index (χ1v) is 10.2. The number of benzene rings is 2. The van der Waals surface area contributed by atoms with Gasteiger partial charge in [-0.15, -0.1) is 0 Å². The van der Waals surface area contributed by atoms with Crippen molar-refractivity contribution in [3.05, 3.63) is 76.2 Å². The maximum atomic E-state index is 12.9. The van der Waals surface area contributed by atoms with Gasteiger partial charge in [-0.25, -0.2) is 0 Å². The summed E-state index contributed by atoms with van der Waals surface area (Å²) in [4.78, 5) is 40.1. The number of rotatable bonds is 3. The largest absolute Gasteiger partial charge is 0.339 e. The number of nitrogens with zero attached hydrogens (tertiary/aromatic N) is 2. The molecule has 0 atom stereocenters. The minimum Gasteiger partial charge on any atom is -0.339 e. The molecular weight excluding hydrogens is 378 g/mol. The van der Waals surface area contributed by atoms with Crippen molar-refractivity contribution in [1.29, 1.82) is 0 Å². The van der Waals surface area contributed by atoms with E-state index in [4.69, 9.17) is 0 Å². The summed E-state index contributed by atoms with van der Waals surface area (Å²) in [6.07, 6.45) is 3.49. The number of anilines is 1.